The molecule has 4 rings (SSSR count). The maximum Gasteiger partial charge on any atom is 0.342 e. The summed E-state index contributed by atoms with van der Waals surface area (Å²) in [6.07, 6.45) is 0.282. The summed E-state index contributed by atoms with van der Waals surface area (Å²) in [5.41, 5.74) is 1.77. The summed E-state index contributed by atoms with van der Waals surface area (Å²) < 4.78 is 17.2. The topological polar surface area (TPSA) is 73.3 Å². The van der Waals surface area contributed by atoms with Crippen LogP contribution in [0.2, 0.25) is 0 Å². The summed E-state index contributed by atoms with van der Waals surface area (Å²) in [7, 11) is 0. The molecule has 3 atom stereocenters. The van der Waals surface area contributed by atoms with Crippen LogP contribution >= 0.6 is 0 Å². The number of phenols is 1. The molecule has 1 saturated heterocycles. The highest BCUT2D eigenvalue weighted by Crippen LogP contribution is 2.41. The first-order valence-corrected chi connectivity index (χ1v) is 10.2. The number of carbonyl (C=O) groups excluding carboxylic acids is 1. The minimum atomic E-state index is -0.418. The number of carbonyl (C=O) groups is 1. The molecule has 0 spiro atoms. The van der Waals surface area contributed by atoms with Gasteiger partial charge in [-0.25, -0.2) is 4.79 Å². The number of hydrogen-bond acceptors (Lipinski definition) is 5. The van der Waals surface area contributed by atoms with Crippen LogP contribution in [0.15, 0.2) is 28.7 Å². The molecule has 1 aliphatic rings. The van der Waals surface area contributed by atoms with Crippen LogP contribution in [-0.2, 0) is 16.0 Å². The van der Waals surface area contributed by atoms with E-state index < -0.39 is 5.97 Å². The third-order valence-corrected chi connectivity index (χ3v) is 5.62. The third-order valence-electron chi connectivity index (χ3n) is 5.62. The normalized spacial score (nSPS) is 22.3. The van der Waals surface area contributed by atoms with E-state index in [1.54, 1.807) is 13.8 Å². The van der Waals surface area contributed by atoms with E-state index in [0.717, 1.165) is 29.4 Å². The number of nitrogens with one attached hydrogen (secondary N) is 1. The molecule has 3 aromatic rings. The number of quaternary nitrogens is 1. The van der Waals surface area contributed by atoms with Crippen molar-refractivity contribution in [3.8, 4) is 5.75 Å². The Bertz CT molecular complexity index is 1060. The average Bonchev–Trinajstić information content (AvgIpc) is 3.02. The fourth-order valence-corrected chi connectivity index (χ4v) is 4.60. The van der Waals surface area contributed by atoms with Crippen LogP contribution in [0.3, 0.4) is 0 Å². The van der Waals surface area contributed by atoms with E-state index in [2.05, 4.69) is 13.8 Å². The first-order chi connectivity index (χ1) is 13.9. The zero-order valence-corrected chi connectivity index (χ0v) is 17.4. The molecule has 2 N–H and O–H groups in total. The lowest BCUT2D eigenvalue weighted by Crippen LogP contribution is -3.14. The lowest BCUT2D eigenvalue weighted by atomic mass is 9.97. The maximum absolute atomic E-state index is 12.7. The van der Waals surface area contributed by atoms with Gasteiger partial charge in [0.1, 0.15) is 54.5 Å². The number of furan rings is 1. The van der Waals surface area contributed by atoms with Gasteiger partial charge in [0.25, 0.3) is 0 Å². The first-order valence-electron chi connectivity index (χ1n) is 10.2. The largest absolute Gasteiger partial charge is 0.507 e. The van der Waals surface area contributed by atoms with Gasteiger partial charge in [-0.3, -0.25) is 0 Å². The number of morpholine rings is 1. The Morgan fingerprint density at radius 3 is 2.52 bits per heavy atom. The number of fused-ring (bicyclic) bond motifs is 3. The van der Waals surface area contributed by atoms with Crippen LogP contribution in [-0.4, -0.2) is 43.0 Å². The summed E-state index contributed by atoms with van der Waals surface area (Å²) in [5, 5.41) is 13.4. The maximum atomic E-state index is 12.7. The van der Waals surface area contributed by atoms with Crippen LogP contribution in [0.4, 0.5) is 0 Å². The fraction of sp³-hybridized carbons (Fsp3) is 0.435. The summed E-state index contributed by atoms with van der Waals surface area (Å²) in [4.78, 5) is 14.0. The smallest absolute Gasteiger partial charge is 0.342 e. The molecule has 6 heteroatoms. The van der Waals surface area contributed by atoms with Crippen LogP contribution in [0.25, 0.3) is 21.7 Å². The molecule has 0 saturated carbocycles. The van der Waals surface area contributed by atoms with Crippen molar-refractivity contribution in [1.29, 1.82) is 0 Å². The number of ether oxygens (including phenoxy) is 2. The predicted octanol–water partition coefficient (Wildman–Crippen LogP) is 2.97. The van der Waals surface area contributed by atoms with Crippen molar-refractivity contribution in [2.45, 2.75) is 46.4 Å². The highest BCUT2D eigenvalue weighted by molar-refractivity contribution is 6.16. The molecule has 0 radical (unpaired) electrons. The molecule has 0 amide bonds. The summed E-state index contributed by atoms with van der Waals surface area (Å²) in [5.74, 6) is 0.298. The molecule has 0 bridgehead atoms. The molecule has 6 nitrogen and oxygen atoms in total. The molecule has 1 unspecified atom stereocenters. The van der Waals surface area contributed by atoms with Gasteiger partial charge in [-0.05, 0) is 27.7 Å². The third kappa shape index (κ3) is 3.47. The van der Waals surface area contributed by atoms with Gasteiger partial charge in [0.05, 0.1) is 12.2 Å². The average molecular weight is 398 g/mol. The van der Waals surface area contributed by atoms with E-state index in [1.807, 2.05) is 24.3 Å². The van der Waals surface area contributed by atoms with Gasteiger partial charge in [-0.2, -0.15) is 0 Å². The van der Waals surface area contributed by atoms with Gasteiger partial charge in [-0.15, -0.1) is 0 Å². The number of aryl methyl sites for hydroxylation is 1. The van der Waals surface area contributed by atoms with Crippen molar-refractivity contribution in [3.63, 3.8) is 0 Å². The van der Waals surface area contributed by atoms with Gasteiger partial charge in [0.2, 0.25) is 0 Å². The fourth-order valence-electron chi connectivity index (χ4n) is 4.60. The van der Waals surface area contributed by atoms with Crippen LogP contribution in [0.5, 0.6) is 5.75 Å². The van der Waals surface area contributed by atoms with E-state index in [4.69, 9.17) is 13.9 Å². The number of phenolic OH excluding ortho intramolecular Hbond substituents is 1. The van der Waals surface area contributed by atoms with Crippen LogP contribution < -0.4 is 4.90 Å². The SMILES string of the molecule is CCOC(=O)c1c(C)oc2c1c(C[NH+]1C[C@@H](C)O[C@@H](C)C1)c(O)c1ccccc12. The molecule has 1 aliphatic heterocycles. The van der Waals surface area contributed by atoms with Crippen molar-refractivity contribution in [2.75, 3.05) is 19.7 Å². The van der Waals surface area contributed by atoms with Crippen molar-refractivity contribution < 1.29 is 28.7 Å². The second kappa shape index (κ2) is 7.69. The molecular weight excluding hydrogens is 370 g/mol. The first kappa shape index (κ1) is 19.7. The monoisotopic (exact) mass is 398 g/mol. The molecular formula is C23H28NO5+. The van der Waals surface area contributed by atoms with Crippen LogP contribution in [0.1, 0.15) is 42.5 Å². The van der Waals surface area contributed by atoms with Gasteiger partial charge in [0, 0.05) is 16.2 Å². The highest BCUT2D eigenvalue weighted by atomic mass is 16.5. The lowest BCUT2D eigenvalue weighted by molar-refractivity contribution is -0.928. The van der Waals surface area contributed by atoms with Crippen molar-refractivity contribution in [1.82, 2.24) is 0 Å². The molecule has 154 valence electrons. The minimum Gasteiger partial charge on any atom is -0.507 e. The number of esters is 1. The second-order valence-electron chi connectivity index (χ2n) is 7.92. The Labute approximate surface area is 170 Å². The Morgan fingerprint density at radius 2 is 1.86 bits per heavy atom. The van der Waals surface area contributed by atoms with Crippen molar-refractivity contribution >= 4 is 27.7 Å². The Balaban J connectivity index is 1.95. The Hall–Kier alpha value is -2.57. The Morgan fingerprint density at radius 1 is 1.21 bits per heavy atom. The lowest BCUT2D eigenvalue weighted by Gasteiger charge is -2.32. The van der Waals surface area contributed by atoms with Gasteiger partial charge in [0.15, 0.2) is 0 Å². The van der Waals surface area contributed by atoms with Crippen molar-refractivity contribution in [2.24, 2.45) is 0 Å². The molecule has 1 fully saturated rings. The quantitative estimate of drug-likeness (QED) is 0.661. The predicted molar refractivity (Wildman–Crippen MR) is 110 cm³/mol. The van der Waals surface area contributed by atoms with Gasteiger partial charge in [-0.1, -0.05) is 24.3 Å². The van der Waals surface area contributed by atoms with E-state index in [0.29, 0.717) is 28.8 Å². The highest BCUT2D eigenvalue weighted by Gasteiger charge is 2.31. The minimum absolute atomic E-state index is 0.141. The number of rotatable bonds is 4. The zero-order valence-electron chi connectivity index (χ0n) is 17.4. The number of benzene rings is 2. The van der Waals surface area contributed by atoms with Crippen molar-refractivity contribution in [3.05, 3.63) is 41.2 Å². The number of aromatic hydroxyl groups is 1. The van der Waals surface area contributed by atoms with E-state index in [-0.39, 0.29) is 24.6 Å². The van der Waals surface area contributed by atoms with Gasteiger partial charge < -0.3 is 23.9 Å². The molecule has 1 aromatic heterocycles. The summed E-state index contributed by atoms with van der Waals surface area (Å²) in [6.45, 7) is 10.2. The van der Waals surface area contributed by atoms with Crippen LogP contribution in [0, 0.1) is 6.92 Å². The Kier molecular flexibility index (Phi) is 5.23. The zero-order chi connectivity index (χ0) is 20.7. The van der Waals surface area contributed by atoms with E-state index >= 15 is 0 Å². The number of hydrogen-bond donors (Lipinski definition) is 2. The second-order valence-corrected chi connectivity index (χ2v) is 7.92. The summed E-state index contributed by atoms with van der Waals surface area (Å²) >= 11 is 0. The summed E-state index contributed by atoms with van der Waals surface area (Å²) in [6, 6.07) is 7.59. The molecule has 29 heavy (non-hydrogen) atoms. The van der Waals surface area contributed by atoms with E-state index in [9.17, 15) is 9.90 Å². The van der Waals surface area contributed by atoms with Gasteiger partial charge >= 0.3 is 5.97 Å². The standard InChI is InChI=1S/C23H27NO5/c1-5-27-23(26)19-15(4)29-22-17-9-7-6-8-16(17)21(25)18(20(19)22)12-24-10-13(2)28-14(3)11-24/h6-9,13-14,25H,5,10-12H2,1-4H3/p+1/t13-,14+. The molecule has 2 aromatic carbocycles. The molecule has 2 heterocycles. The van der Waals surface area contributed by atoms with E-state index in [1.165, 1.54) is 4.90 Å². The molecule has 0 aliphatic carbocycles.